The molecule has 0 bridgehead atoms. The summed E-state index contributed by atoms with van der Waals surface area (Å²) >= 11 is 0. The van der Waals surface area contributed by atoms with E-state index in [4.69, 9.17) is 10.1 Å². The predicted molar refractivity (Wildman–Crippen MR) is 123 cm³/mol. The minimum Gasteiger partial charge on any atom is -0.396 e. The number of fused-ring (bicyclic) bond motifs is 1. The van der Waals surface area contributed by atoms with E-state index in [0.717, 1.165) is 54.7 Å². The second-order valence-corrected chi connectivity index (χ2v) is 8.54. The zero-order valence-corrected chi connectivity index (χ0v) is 18.6. The van der Waals surface area contributed by atoms with Crippen molar-refractivity contribution in [2.24, 2.45) is 0 Å². The number of nitrogens with one attached hydrogen (secondary N) is 2. The summed E-state index contributed by atoms with van der Waals surface area (Å²) in [4.78, 5) is 9.28. The lowest BCUT2D eigenvalue weighted by Crippen LogP contribution is -2.29. The molecule has 0 saturated heterocycles. The molecule has 1 aromatic carbocycles. The Balaban J connectivity index is 1.56. The molecule has 0 radical (unpaired) electrons. The molecular formula is C24H32N6O. The molecule has 0 saturated carbocycles. The summed E-state index contributed by atoms with van der Waals surface area (Å²) in [6.45, 7) is 7.49. The van der Waals surface area contributed by atoms with Crippen LogP contribution in [-0.2, 0) is 6.42 Å². The highest BCUT2D eigenvalue weighted by atomic mass is 16.2. The lowest BCUT2D eigenvalue weighted by Gasteiger charge is -2.27. The zero-order valence-electron chi connectivity index (χ0n) is 18.6. The van der Waals surface area contributed by atoms with E-state index < -0.39 is 0 Å². The molecule has 0 spiro atoms. The van der Waals surface area contributed by atoms with Gasteiger partial charge in [-0.25, -0.2) is 9.97 Å². The Kier molecular flexibility index (Phi) is 6.63. The Labute approximate surface area is 183 Å². The molecule has 0 amide bonds. The number of unbranched alkanes of at least 4 members (excludes halogenated alkanes) is 1. The molecule has 3 heterocycles. The third kappa shape index (κ3) is 4.94. The van der Waals surface area contributed by atoms with Gasteiger partial charge in [-0.3, -0.25) is 4.68 Å². The van der Waals surface area contributed by atoms with Crippen LogP contribution in [0.25, 0.3) is 11.3 Å². The Bertz CT molecular complexity index is 1030. The SMILES string of the molecule is Cc1cnc(Nc2ccc3c(c2)C(CCCCO)NCC3)nc1-c1cnn(C(C)C)c1. The van der Waals surface area contributed by atoms with E-state index in [1.807, 2.05) is 30.2 Å². The molecule has 3 N–H and O–H groups in total. The molecule has 7 nitrogen and oxygen atoms in total. The Morgan fingerprint density at radius 3 is 2.90 bits per heavy atom. The van der Waals surface area contributed by atoms with Crippen molar-refractivity contribution in [3.63, 3.8) is 0 Å². The highest BCUT2D eigenvalue weighted by Gasteiger charge is 2.20. The molecule has 4 rings (SSSR count). The highest BCUT2D eigenvalue weighted by Crippen LogP contribution is 2.30. The van der Waals surface area contributed by atoms with Gasteiger partial charge in [0.25, 0.3) is 0 Å². The van der Waals surface area contributed by atoms with Crippen LogP contribution in [0.2, 0.25) is 0 Å². The number of hydrogen-bond acceptors (Lipinski definition) is 6. The van der Waals surface area contributed by atoms with Crippen molar-refractivity contribution in [3.8, 4) is 11.3 Å². The highest BCUT2D eigenvalue weighted by molar-refractivity contribution is 5.64. The summed E-state index contributed by atoms with van der Waals surface area (Å²) < 4.78 is 1.94. The topological polar surface area (TPSA) is 87.9 Å². The molecule has 31 heavy (non-hydrogen) atoms. The summed E-state index contributed by atoms with van der Waals surface area (Å²) in [5, 5.41) is 20.6. The van der Waals surface area contributed by atoms with Gasteiger partial charge in [-0.1, -0.05) is 6.07 Å². The van der Waals surface area contributed by atoms with Gasteiger partial charge in [0.1, 0.15) is 0 Å². The van der Waals surface area contributed by atoms with Crippen LogP contribution in [0.15, 0.2) is 36.8 Å². The van der Waals surface area contributed by atoms with E-state index in [1.165, 1.54) is 11.1 Å². The Morgan fingerprint density at radius 1 is 1.26 bits per heavy atom. The molecule has 7 heteroatoms. The normalized spacial score (nSPS) is 15.8. The predicted octanol–water partition coefficient (Wildman–Crippen LogP) is 4.32. The van der Waals surface area contributed by atoms with Crippen LogP contribution >= 0.6 is 0 Å². The van der Waals surface area contributed by atoms with Crippen LogP contribution in [-0.4, -0.2) is 38.0 Å². The Hall–Kier alpha value is -2.77. The number of aromatic nitrogens is 4. The first-order chi connectivity index (χ1) is 15.0. The smallest absolute Gasteiger partial charge is 0.227 e. The first-order valence-electron chi connectivity index (χ1n) is 11.2. The van der Waals surface area contributed by atoms with E-state index >= 15 is 0 Å². The van der Waals surface area contributed by atoms with Gasteiger partial charge in [-0.05, 0) is 81.8 Å². The second kappa shape index (κ2) is 9.58. The lowest BCUT2D eigenvalue weighted by atomic mass is 9.91. The van der Waals surface area contributed by atoms with Gasteiger partial charge in [-0.2, -0.15) is 5.10 Å². The summed E-state index contributed by atoms with van der Waals surface area (Å²) in [7, 11) is 0. The average Bonchev–Trinajstić information content (AvgIpc) is 3.26. The number of hydrogen-bond donors (Lipinski definition) is 3. The Morgan fingerprint density at radius 2 is 2.13 bits per heavy atom. The third-order valence-corrected chi connectivity index (χ3v) is 5.84. The number of aliphatic hydroxyl groups excluding tert-OH is 1. The van der Waals surface area contributed by atoms with Crippen molar-refractivity contribution in [1.82, 2.24) is 25.1 Å². The number of aryl methyl sites for hydroxylation is 1. The molecule has 164 valence electrons. The van der Waals surface area contributed by atoms with Crippen LogP contribution in [0.4, 0.5) is 11.6 Å². The number of benzene rings is 1. The van der Waals surface area contributed by atoms with Gasteiger partial charge in [-0.15, -0.1) is 0 Å². The molecule has 2 aromatic heterocycles. The van der Waals surface area contributed by atoms with Crippen molar-refractivity contribution in [1.29, 1.82) is 0 Å². The third-order valence-electron chi connectivity index (χ3n) is 5.84. The van der Waals surface area contributed by atoms with Crippen LogP contribution in [0.3, 0.4) is 0 Å². The van der Waals surface area contributed by atoms with Crippen molar-refractivity contribution >= 4 is 11.6 Å². The maximum Gasteiger partial charge on any atom is 0.227 e. The summed E-state index contributed by atoms with van der Waals surface area (Å²) in [6.07, 6.45) is 9.68. The number of rotatable bonds is 8. The summed E-state index contributed by atoms with van der Waals surface area (Å²) in [6, 6.07) is 7.16. The molecule has 0 fully saturated rings. The minimum atomic E-state index is 0.254. The average molecular weight is 421 g/mol. The van der Waals surface area contributed by atoms with E-state index in [2.05, 4.69) is 52.8 Å². The fourth-order valence-corrected chi connectivity index (χ4v) is 4.10. The van der Waals surface area contributed by atoms with Crippen molar-refractivity contribution in [2.75, 3.05) is 18.5 Å². The van der Waals surface area contributed by atoms with Crippen molar-refractivity contribution in [3.05, 3.63) is 53.5 Å². The number of anilines is 2. The van der Waals surface area contributed by atoms with Crippen LogP contribution in [0.1, 0.15) is 61.9 Å². The maximum atomic E-state index is 9.10. The van der Waals surface area contributed by atoms with Crippen LogP contribution < -0.4 is 10.6 Å². The first kappa shape index (κ1) is 21.5. The first-order valence-corrected chi connectivity index (χ1v) is 11.2. The van der Waals surface area contributed by atoms with E-state index in [1.54, 1.807) is 0 Å². The van der Waals surface area contributed by atoms with Crippen molar-refractivity contribution < 1.29 is 5.11 Å². The molecule has 1 aliphatic rings. The quantitative estimate of drug-likeness (QED) is 0.470. The zero-order chi connectivity index (χ0) is 21.8. The molecule has 1 atom stereocenters. The second-order valence-electron chi connectivity index (χ2n) is 8.54. The van der Waals surface area contributed by atoms with Gasteiger partial charge in [0.05, 0.1) is 11.9 Å². The van der Waals surface area contributed by atoms with Gasteiger partial charge < -0.3 is 15.7 Å². The van der Waals surface area contributed by atoms with Gasteiger partial charge in [0, 0.05) is 42.3 Å². The van der Waals surface area contributed by atoms with Gasteiger partial charge >= 0.3 is 0 Å². The number of nitrogens with zero attached hydrogens (tertiary/aromatic N) is 4. The fourth-order valence-electron chi connectivity index (χ4n) is 4.10. The van der Waals surface area contributed by atoms with Crippen molar-refractivity contribution in [2.45, 2.75) is 58.5 Å². The molecule has 0 aliphatic carbocycles. The van der Waals surface area contributed by atoms with E-state index in [-0.39, 0.29) is 6.61 Å². The van der Waals surface area contributed by atoms with E-state index in [0.29, 0.717) is 18.0 Å². The van der Waals surface area contributed by atoms with Crippen LogP contribution in [0.5, 0.6) is 0 Å². The molecule has 3 aromatic rings. The standard InChI is InChI=1S/C24H32N6O/c1-16(2)30-15-19(14-27-30)23-17(3)13-26-24(29-23)28-20-8-7-18-9-10-25-22(21(18)12-20)6-4-5-11-31/h7-8,12-16,22,25,31H,4-6,9-11H2,1-3H3,(H,26,28,29). The fraction of sp³-hybridized carbons (Fsp3) is 0.458. The monoisotopic (exact) mass is 420 g/mol. The molecular weight excluding hydrogens is 388 g/mol. The lowest BCUT2D eigenvalue weighted by molar-refractivity contribution is 0.279. The van der Waals surface area contributed by atoms with E-state index in [9.17, 15) is 0 Å². The molecule has 1 unspecified atom stereocenters. The number of aliphatic hydroxyl groups is 1. The largest absolute Gasteiger partial charge is 0.396 e. The van der Waals surface area contributed by atoms with Gasteiger partial charge in [0.2, 0.25) is 5.95 Å². The summed E-state index contributed by atoms with van der Waals surface area (Å²) in [5.74, 6) is 0.582. The maximum absolute atomic E-state index is 9.10. The van der Waals surface area contributed by atoms with Crippen LogP contribution in [0, 0.1) is 6.92 Å². The van der Waals surface area contributed by atoms with Gasteiger partial charge in [0.15, 0.2) is 0 Å². The summed E-state index contributed by atoms with van der Waals surface area (Å²) in [5.41, 5.74) is 6.63. The minimum absolute atomic E-state index is 0.254. The molecule has 1 aliphatic heterocycles.